The molecule has 0 aliphatic rings. The number of carbonyl (C=O) groups is 1. The summed E-state index contributed by atoms with van der Waals surface area (Å²) in [5.74, 6) is 0.0555. The number of esters is 1. The van der Waals surface area contributed by atoms with Gasteiger partial charge in [-0.25, -0.2) is 0 Å². The minimum atomic E-state index is -0.221. The first kappa shape index (κ1) is 14.6. The van der Waals surface area contributed by atoms with Crippen LogP contribution in [0.5, 0.6) is 5.75 Å². The minimum Gasteiger partial charge on any atom is -0.508 e. The van der Waals surface area contributed by atoms with Gasteiger partial charge in [0.25, 0.3) is 0 Å². The molecule has 0 radical (unpaired) electrons. The van der Waals surface area contributed by atoms with E-state index >= 15 is 0 Å². The summed E-state index contributed by atoms with van der Waals surface area (Å²) in [5.41, 5.74) is 3.24. The van der Waals surface area contributed by atoms with E-state index in [0.29, 0.717) is 6.42 Å². The number of benzene rings is 2. The number of hydrogen-bond donors (Lipinski definition) is 1. The van der Waals surface area contributed by atoms with Gasteiger partial charge in [0.15, 0.2) is 0 Å². The van der Waals surface area contributed by atoms with E-state index in [0.717, 1.165) is 31.7 Å². The number of methoxy groups -OCH3 is 1. The van der Waals surface area contributed by atoms with Crippen LogP contribution in [0.2, 0.25) is 0 Å². The molecule has 1 aromatic heterocycles. The zero-order chi connectivity index (χ0) is 15.7. The third-order valence-electron chi connectivity index (χ3n) is 3.64. The van der Waals surface area contributed by atoms with E-state index in [2.05, 4.69) is 18.2 Å². The molecule has 22 heavy (non-hydrogen) atoms. The maximum atomic E-state index is 11.4. The summed E-state index contributed by atoms with van der Waals surface area (Å²) >= 11 is 1.61. The molecule has 0 aliphatic carbocycles. The molecule has 0 spiro atoms. The van der Waals surface area contributed by atoms with E-state index in [1.807, 2.05) is 19.1 Å². The third kappa shape index (κ3) is 2.83. The summed E-state index contributed by atoms with van der Waals surface area (Å²) in [6.45, 7) is 1.98. The molecule has 112 valence electrons. The summed E-state index contributed by atoms with van der Waals surface area (Å²) in [4.78, 5) is 12.4. The Kier molecular flexibility index (Phi) is 3.86. The second-order valence-electron chi connectivity index (χ2n) is 5.22. The Morgan fingerprint density at radius 2 is 2.00 bits per heavy atom. The van der Waals surface area contributed by atoms with Gasteiger partial charge in [-0.05, 0) is 53.3 Å². The lowest BCUT2D eigenvalue weighted by atomic mass is 10.00. The van der Waals surface area contributed by atoms with Crippen molar-refractivity contribution in [3.05, 3.63) is 52.9 Å². The van der Waals surface area contributed by atoms with Gasteiger partial charge in [0, 0.05) is 9.58 Å². The van der Waals surface area contributed by atoms with Gasteiger partial charge in [0.05, 0.1) is 13.5 Å². The Balaban J connectivity index is 2.00. The highest BCUT2D eigenvalue weighted by molar-refractivity contribution is 7.19. The number of aromatic hydroxyl groups is 1. The molecular weight excluding hydrogens is 296 g/mol. The van der Waals surface area contributed by atoms with Crippen molar-refractivity contribution in [1.82, 2.24) is 0 Å². The van der Waals surface area contributed by atoms with E-state index in [-0.39, 0.29) is 11.7 Å². The van der Waals surface area contributed by atoms with Crippen LogP contribution in [0.3, 0.4) is 0 Å². The predicted molar refractivity (Wildman–Crippen MR) is 89.4 cm³/mol. The third-order valence-corrected chi connectivity index (χ3v) is 4.74. The first-order chi connectivity index (χ1) is 10.6. The molecule has 0 unspecified atom stereocenters. The van der Waals surface area contributed by atoms with Crippen LogP contribution in [-0.4, -0.2) is 18.2 Å². The van der Waals surface area contributed by atoms with Crippen LogP contribution in [0.4, 0.5) is 0 Å². The number of fused-ring (bicyclic) bond motifs is 1. The van der Waals surface area contributed by atoms with Crippen LogP contribution in [0.15, 0.2) is 42.5 Å². The standard InChI is InChI=1S/C18H16O3S/c1-11-7-14(19)5-6-16(11)12-3-4-13-8-15(10-18(20)21-2)22-17(13)9-12/h3-9,19H,10H2,1-2H3. The molecule has 3 aromatic rings. The summed E-state index contributed by atoms with van der Waals surface area (Å²) < 4.78 is 5.86. The zero-order valence-corrected chi connectivity index (χ0v) is 13.2. The smallest absolute Gasteiger partial charge is 0.310 e. The lowest BCUT2D eigenvalue weighted by Gasteiger charge is -2.06. The van der Waals surface area contributed by atoms with Crippen molar-refractivity contribution in [2.24, 2.45) is 0 Å². The number of carbonyl (C=O) groups excluding carboxylic acids is 1. The maximum absolute atomic E-state index is 11.4. The van der Waals surface area contributed by atoms with E-state index in [4.69, 9.17) is 4.74 Å². The first-order valence-electron chi connectivity index (χ1n) is 6.96. The van der Waals surface area contributed by atoms with Crippen molar-refractivity contribution in [2.75, 3.05) is 7.11 Å². The van der Waals surface area contributed by atoms with Crippen LogP contribution < -0.4 is 0 Å². The highest BCUT2D eigenvalue weighted by atomic mass is 32.1. The highest BCUT2D eigenvalue weighted by Crippen LogP contribution is 2.33. The van der Waals surface area contributed by atoms with E-state index in [1.54, 1.807) is 23.5 Å². The first-order valence-corrected chi connectivity index (χ1v) is 7.78. The molecule has 4 heteroatoms. The van der Waals surface area contributed by atoms with Crippen LogP contribution in [-0.2, 0) is 16.0 Å². The van der Waals surface area contributed by atoms with Gasteiger partial charge in [-0.2, -0.15) is 0 Å². The Morgan fingerprint density at radius 3 is 2.73 bits per heavy atom. The zero-order valence-electron chi connectivity index (χ0n) is 12.4. The van der Waals surface area contributed by atoms with Crippen molar-refractivity contribution in [2.45, 2.75) is 13.3 Å². The molecule has 0 bridgehead atoms. The van der Waals surface area contributed by atoms with Crippen LogP contribution in [0.1, 0.15) is 10.4 Å². The van der Waals surface area contributed by atoms with Gasteiger partial charge < -0.3 is 9.84 Å². The molecule has 3 rings (SSSR count). The van der Waals surface area contributed by atoms with E-state index < -0.39 is 0 Å². The monoisotopic (exact) mass is 312 g/mol. The topological polar surface area (TPSA) is 46.5 Å². The largest absolute Gasteiger partial charge is 0.508 e. The number of phenols is 1. The van der Waals surface area contributed by atoms with Crippen molar-refractivity contribution < 1.29 is 14.6 Å². The van der Waals surface area contributed by atoms with Crippen molar-refractivity contribution >= 4 is 27.4 Å². The summed E-state index contributed by atoms with van der Waals surface area (Å²) in [6.07, 6.45) is 0.309. The quantitative estimate of drug-likeness (QED) is 0.734. The molecule has 0 amide bonds. The van der Waals surface area contributed by atoms with Crippen LogP contribution in [0, 0.1) is 6.92 Å². The van der Waals surface area contributed by atoms with E-state index in [9.17, 15) is 9.90 Å². The molecule has 0 atom stereocenters. The molecule has 0 saturated heterocycles. The lowest BCUT2D eigenvalue weighted by molar-refractivity contribution is -0.139. The van der Waals surface area contributed by atoms with Gasteiger partial charge in [0.1, 0.15) is 5.75 Å². The average Bonchev–Trinajstić information content (AvgIpc) is 2.88. The maximum Gasteiger partial charge on any atom is 0.310 e. The molecule has 3 nitrogen and oxygen atoms in total. The number of rotatable bonds is 3. The van der Waals surface area contributed by atoms with Crippen LogP contribution >= 0.6 is 11.3 Å². The Bertz CT molecular complexity index is 849. The molecule has 0 saturated carbocycles. The Labute approximate surface area is 132 Å². The van der Waals surface area contributed by atoms with Gasteiger partial charge in [-0.1, -0.05) is 18.2 Å². The van der Waals surface area contributed by atoms with Gasteiger partial charge in [-0.3, -0.25) is 4.79 Å². The normalized spacial score (nSPS) is 10.8. The molecule has 2 aromatic carbocycles. The summed E-state index contributed by atoms with van der Waals surface area (Å²) in [7, 11) is 1.40. The number of ether oxygens (including phenoxy) is 1. The second-order valence-corrected chi connectivity index (χ2v) is 6.39. The summed E-state index contributed by atoms with van der Waals surface area (Å²) in [5, 5.41) is 10.7. The Hall–Kier alpha value is -2.33. The van der Waals surface area contributed by atoms with Gasteiger partial charge >= 0.3 is 5.97 Å². The predicted octanol–water partition coefficient (Wildman–Crippen LogP) is 4.30. The SMILES string of the molecule is COC(=O)Cc1cc2ccc(-c3ccc(O)cc3C)cc2s1. The van der Waals surface area contributed by atoms with Crippen LogP contribution in [0.25, 0.3) is 21.2 Å². The number of hydrogen-bond acceptors (Lipinski definition) is 4. The molecule has 0 fully saturated rings. The number of phenolic OH excluding ortho intramolecular Hbond substituents is 1. The molecule has 1 heterocycles. The number of thiophene rings is 1. The second kappa shape index (κ2) is 5.81. The molecular formula is C18H16O3S. The van der Waals surface area contributed by atoms with E-state index in [1.165, 1.54) is 7.11 Å². The Morgan fingerprint density at radius 1 is 1.18 bits per heavy atom. The van der Waals surface area contributed by atoms with Crippen molar-refractivity contribution in [3.8, 4) is 16.9 Å². The van der Waals surface area contributed by atoms with Gasteiger partial charge in [0.2, 0.25) is 0 Å². The highest BCUT2D eigenvalue weighted by Gasteiger charge is 2.09. The lowest BCUT2D eigenvalue weighted by Crippen LogP contribution is -2.02. The fraction of sp³-hybridized carbons (Fsp3) is 0.167. The number of aryl methyl sites for hydroxylation is 1. The van der Waals surface area contributed by atoms with Crippen molar-refractivity contribution in [1.29, 1.82) is 0 Å². The fourth-order valence-corrected chi connectivity index (χ4v) is 3.62. The fourth-order valence-electron chi connectivity index (χ4n) is 2.53. The van der Waals surface area contributed by atoms with Gasteiger partial charge in [-0.15, -0.1) is 11.3 Å². The molecule has 1 N–H and O–H groups in total. The minimum absolute atomic E-state index is 0.221. The average molecular weight is 312 g/mol. The van der Waals surface area contributed by atoms with Crippen molar-refractivity contribution in [3.63, 3.8) is 0 Å². The molecule has 0 aliphatic heterocycles. The summed E-state index contributed by atoms with van der Waals surface area (Å²) in [6, 6.07) is 13.7.